The van der Waals surface area contributed by atoms with Crippen LogP contribution in [0.4, 0.5) is 4.79 Å². The van der Waals surface area contributed by atoms with Crippen molar-refractivity contribution < 1.29 is 14.6 Å². The zero-order chi connectivity index (χ0) is 13.6. The predicted molar refractivity (Wildman–Crippen MR) is 70.5 cm³/mol. The van der Waals surface area contributed by atoms with Gasteiger partial charge >= 0.3 is 6.09 Å². The molecule has 0 radical (unpaired) electrons. The van der Waals surface area contributed by atoms with Crippen LogP contribution in [0.3, 0.4) is 0 Å². The molecule has 0 aliphatic heterocycles. The van der Waals surface area contributed by atoms with E-state index in [2.05, 4.69) is 10.6 Å². The number of alkyl carbamates (subject to hydrolysis) is 1. The maximum Gasteiger partial charge on any atom is 0.407 e. The van der Waals surface area contributed by atoms with Gasteiger partial charge in [0.05, 0.1) is 6.10 Å². The zero-order valence-electron chi connectivity index (χ0n) is 11.7. The third kappa shape index (κ3) is 6.21. The van der Waals surface area contributed by atoms with Crippen molar-refractivity contribution in [1.29, 1.82) is 0 Å². The predicted octanol–water partition coefficient (Wildman–Crippen LogP) is 1.40. The smallest absolute Gasteiger partial charge is 0.407 e. The summed E-state index contributed by atoms with van der Waals surface area (Å²) in [4.78, 5) is 11.4. The molecule has 0 saturated heterocycles. The standard InChI is InChI=1S/C13H26N2O3/c1-13(2,3)18-12(17)15-9-8-14-10-6-4-5-7-11(10)16/h10-11,14,16H,4-9H2,1-3H3,(H,15,17). The minimum absolute atomic E-state index is 0.166. The van der Waals surface area contributed by atoms with E-state index in [-0.39, 0.29) is 12.1 Å². The molecule has 1 rings (SSSR count). The molecule has 0 spiro atoms. The number of amides is 1. The van der Waals surface area contributed by atoms with Crippen molar-refractivity contribution in [2.24, 2.45) is 0 Å². The average molecular weight is 258 g/mol. The third-order valence-corrected chi connectivity index (χ3v) is 2.93. The fourth-order valence-corrected chi connectivity index (χ4v) is 2.09. The summed E-state index contributed by atoms with van der Waals surface area (Å²) in [5, 5.41) is 15.7. The molecule has 0 aromatic heterocycles. The lowest BCUT2D eigenvalue weighted by molar-refractivity contribution is 0.0525. The second-order valence-electron chi connectivity index (χ2n) is 5.84. The van der Waals surface area contributed by atoms with Gasteiger partial charge in [-0.2, -0.15) is 0 Å². The second-order valence-corrected chi connectivity index (χ2v) is 5.84. The van der Waals surface area contributed by atoms with Gasteiger partial charge in [0, 0.05) is 19.1 Å². The van der Waals surface area contributed by atoms with Crippen LogP contribution in [0.1, 0.15) is 46.5 Å². The number of rotatable bonds is 4. The molecule has 1 saturated carbocycles. The molecular formula is C13H26N2O3. The molecular weight excluding hydrogens is 232 g/mol. The summed E-state index contributed by atoms with van der Waals surface area (Å²) in [6, 6.07) is 0.166. The summed E-state index contributed by atoms with van der Waals surface area (Å²) in [6.45, 7) is 6.68. The van der Waals surface area contributed by atoms with Crippen LogP contribution in [0.15, 0.2) is 0 Å². The number of carbonyl (C=O) groups excluding carboxylic acids is 1. The molecule has 3 N–H and O–H groups in total. The van der Waals surface area contributed by atoms with Crippen LogP contribution in [-0.2, 0) is 4.74 Å². The van der Waals surface area contributed by atoms with Gasteiger partial charge < -0.3 is 20.5 Å². The lowest BCUT2D eigenvalue weighted by atomic mass is 9.93. The Labute approximate surface area is 109 Å². The quantitative estimate of drug-likeness (QED) is 0.667. The van der Waals surface area contributed by atoms with Crippen molar-refractivity contribution in [3.8, 4) is 0 Å². The topological polar surface area (TPSA) is 70.6 Å². The van der Waals surface area contributed by atoms with Gasteiger partial charge in [0.1, 0.15) is 5.60 Å². The number of ether oxygens (including phenoxy) is 1. The van der Waals surface area contributed by atoms with Crippen LogP contribution in [0.25, 0.3) is 0 Å². The van der Waals surface area contributed by atoms with Crippen LogP contribution in [0, 0.1) is 0 Å². The molecule has 18 heavy (non-hydrogen) atoms. The molecule has 2 unspecified atom stereocenters. The fraction of sp³-hybridized carbons (Fsp3) is 0.923. The Hall–Kier alpha value is -0.810. The van der Waals surface area contributed by atoms with E-state index in [1.165, 1.54) is 0 Å². The Balaban J connectivity index is 2.09. The summed E-state index contributed by atoms with van der Waals surface area (Å²) in [6.07, 6.45) is 3.50. The summed E-state index contributed by atoms with van der Waals surface area (Å²) in [5.41, 5.74) is -0.461. The van der Waals surface area contributed by atoms with Crippen molar-refractivity contribution >= 4 is 6.09 Å². The van der Waals surface area contributed by atoms with E-state index in [0.29, 0.717) is 13.1 Å². The Morgan fingerprint density at radius 2 is 1.94 bits per heavy atom. The SMILES string of the molecule is CC(C)(C)OC(=O)NCCNC1CCCCC1O. The van der Waals surface area contributed by atoms with Gasteiger partial charge in [-0.25, -0.2) is 4.79 Å². The number of aliphatic hydroxyl groups excluding tert-OH is 1. The van der Waals surface area contributed by atoms with Gasteiger partial charge in [-0.3, -0.25) is 0 Å². The molecule has 106 valence electrons. The normalized spacial score (nSPS) is 24.7. The second kappa shape index (κ2) is 6.95. The van der Waals surface area contributed by atoms with Crippen molar-refractivity contribution in [2.45, 2.75) is 64.2 Å². The monoisotopic (exact) mass is 258 g/mol. The zero-order valence-corrected chi connectivity index (χ0v) is 11.7. The third-order valence-electron chi connectivity index (χ3n) is 2.93. The highest BCUT2D eigenvalue weighted by molar-refractivity contribution is 5.67. The molecule has 2 atom stereocenters. The Bertz CT molecular complexity index is 263. The Morgan fingerprint density at radius 1 is 1.28 bits per heavy atom. The molecule has 5 heteroatoms. The summed E-state index contributed by atoms with van der Waals surface area (Å²) >= 11 is 0. The number of carbonyl (C=O) groups is 1. The first-order valence-corrected chi connectivity index (χ1v) is 6.77. The molecule has 1 aliphatic carbocycles. The molecule has 0 heterocycles. The van der Waals surface area contributed by atoms with E-state index < -0.39 is 11.7 Å². The molecule has 0 aromatic rings. The summed E-state index contributed by atoms with van der Waals surface area (Å²) in [7, 11) is 0. The van der Waals surface area contributed by atoms with Gasteiger partial charge in [-0.15, -0.1) is 0 Å². The Morgan fingerprint density at radius 3 is 2.56 bits per heavy atom. The van der Waals surface area contributed by atoms with Crippen LogP contribution < -0.4 is 10.6 Å². The average Bonchev–Trinajstić information content (AvgIpc) is 2.24. The largest absolute Gasteiger partial charge is 0.444 e. The molecule has 5 nitrogen and oxygen atoms in total. The van der Waals surface area contributed by atoms with Crippen molar-refractivity contribution in [2.75, 3.05) is 13.1 Å². The van der Waals surface area contributed by atoms with E-state index >= 15 is 0 Å². The molecule has 1 aliphatic rings. The number of hydrogen-bond acceptors (Lipinski definition) is 4. The molecule has 0 aromatic carbocycles. The number of hydrogen-bond donors (Lipinski definition) is 3. The number of nitrogens with one attached hydrogen (secondary N) is 2. The highest BCUT2D eigenvalue weighted by Gasteiger charge is 2.22. The van der Waals surface area contributed by atoms with Crippen LogP contribution in [0.2, 0.25) is 0 Å². The van der Waals surface area contributed by atoms with E-state index in [4.69, 9.17) is 4.74 Å². The maximum atomic E-state index is 11.4. The molecule has 0 bridgehead atoms. The minimum atomic E-state index is -0.461. The van der Waals surface area contributed by atoms with E-state index in [1.807, 2.05) is 20.8 Å². The van der Waals surface area contributed by atoms with Gasteiger partial charge in [0.15, 0.2) is 0 Å². The lowest BCUT2D eigenvalue weighted by Crippen LogP contribution is -2.45. The van der Waals surface area contributed by atoms with E-state index in [1.54, 1.807) is 0 Å². The van der Waals surface area contributed by atoms with Crippen molar-refractivity contribution in [3.05, 3.63) is 0 Å². The minimum Gasteiger partial charge on any atom is -0.444 e. The fourth-order valence-electron chi connectivity index (χ4n) is 2.09. The maximum absolute atomic E-state index is 11.4. The summed E-state index contributed by atoms with van der Waals surface area (Å²) in [5.74, 6) is 0. The van der Waals surface area contributed by atoms with Crippen molar-refractivity contribution in [3.63, 3.8) is 0 Å². The first-order chi connectivity index (χ1) is 8.38. The highest BCUT2D eigenvalue weighted by Crippen LogP contribution is 2.17. The van der Waals surface area contributed by atoms with E-state index in [9.17, 15) is 9.90 Å². The van der Waals surface area contributed by atoms with E-state index in [0.717, 1.165) is 25.7 Å². The molecule has 1 amide bonds. The van der Waals surface area contributed by atoms with Gasteiger partial charge in [-0.1, -0.05) is 12.8 Å². The van der Waals surface area contributed by atoms with Gasteiger partial charge in [-0.05, 0) is 33.6 Å². The van der Waals surface area contributed by atoms with Crippen molar-refractivity contribution in [1.82, 2.24) is 10.6 Å². The first kappa shape index (κ1) is 15.2. The lowest BCUT2D eigenvalue weighted by Gasteiger charge is -2.28. The number of aliphatic hydroxyl groups is 1. The first-order valence-electron chi connectivity index (χ1n) is 6.77. The Kier molecular flexibility index (Phi) is 5.88. The van der Waals surface area contributed by atoms with Crippen LogP contribution in [0.5, 0.6) is 0 Å². The van der Waals surface area contributed by atoms with Crippen LogP contribution >= 0.6 is 0 Å². The van der Waals surface area contributed by atoms with Gasteiger partial charge in [0.25, 0.3) is 0 Å². The highest BCUT2D eigenvalue weighted by atomic mass is 16.6. The van der Waals surface area contributed by atoms with Crippen LogP contribution in [-0.4, -0.2) is 42.0 Å². The summed E-state index contributed by atoms with van der Waals surface area (Å²) < 4.78 is 5.12. The van der Waals surface area contributed by atoms with Gasteiger partial charge in [0.2, 0.25) is 0 Å². The molecule has 1 fully saturated rings.